The van der Waals surface area contributed by atoms with Crippen molar-refractivity contribution in [3.8, 4) is 0 Å². The van der Waals surface area contributed by atoms with Crippen molar-refractivity contribution in [2.45, 2.75) is 26.3 Å². The van der Waals surface area contributed by atoms with E-state index in [1.54, 1.807) is 0 Å². The van der Waals surface area contributed by atoms with E-state index in [4.69, 9.17) is 11.6 Å². The second-order valence-electron chi connectivity index (χ2n) is 3.26. The third-order valence-corrected chi connectivity index (χ3v) is 2.29. The van der Waals surface area contributed by atoms with Crippen molar-refractivity contribution in [1.82, 2.24) is 4.90 Å². The predicted molar refractivity (Wildman–Crippen MR) is 44.9 cm³/mol. The van der Waals surface area contributed by atoms with Crippen LogP contribution in [-0.4, -0.2) is 18.0 Å². The first-order valence-electron chi connectivity index (χ1n) is 3.69. The fourth-order valence-corrected chi connectivity index (χ4v) is 1.73. The highest BCUT2D eigenvalue weighted by Crippen LogP contribution is 2.27. The molecule has 0 N–H and O–H groups in total. The fourth-order valence-electron chi connectivity index (χ4n) is 1.42. The SMILES string of the molecule is CC(C)C1CC(Cl)=CN1C. The first kappa shape index (κ1) is 7.93. The van der Waals surface area contributed by atoms with Gasteiger partial charge >= 0.3 is 0 Å². The fraction of sp³-hybridized carbons (Fsp3) is 0.750. The molecule has 0 saturated carbocycles. The lowest BCUT2D eigenvalue weighted by Gasteiger charge is -2.23. The van der Waals surface area contributed by atoms with Crippen molar-refractivity contribution >= 4 is 11.6 Å². The van der Waals surface area contributed by atoms with E-state index in [1.807, 2.05) is 6.20 Å². The molecule has 58 valence electrons. The lowest BCUT2D eigenvalue weighted by molar-refractivity contribution is 0.282. The Labute approximate surface area is 67.7 Å². The maximum Gasteiger partial charge on any atom is 0.0359 e. The summed E-state index contributed by atoms with van der Waals surface area (Å²) in [6.07, 6.45) is 3.04. The molecule has 1 aliphatic heterocycles. The Hall–Kier alpha value is -0.170. The molecule has 0 aromatic rings. The number of halogens is 1. The third kappa shape index (κ3) is 1.46. The second kappa shape index (κ2) is 2.83. The van der Waals surface area contributed by atoms with Crippen molar-refractivity contribution in [2.24, 2.45) is 5.92 Å². The molecular formula is C8H14ClN. The Kier molecular flexibility index (Phi) is 2.24. The van der Waals surface area contributed by atoms with Crippen molar-refractivity contribution < 1.29 is 0 Å². The number of rotatable bonds is 1. The molecule has 0 saturated heterocycles. The van der Waals surface area contributed by atoms with Gasteiger partial charge in [0.2, 0.25) is 0 Å². The first-order valence-corrected chi connectivity index (χ1v) is 4.07. The molecule has 0 radical (unpaired) electrons. The van der Waals surface area contributed by atoms with Crippen LogP contribution in [0.1, 0.15) is 20.3 Å². The van der Waals surface area contributed by atoms with E-state index in [1.165, 1.54) is 0 Å². The smallest absolute Gasteiger partial charge is 0.0359 e. The molecule has 2 heteroatoms. The predicted octanol–water partition coefficient (Wildman–Crippen LogP) is 2.43. The highest BCUT2D eigenvalue weighted by atomic mass is 35.5. The van der Waals surface area contributed by atoms with Gasteiger partial charge in [0.05, 0.1) is 0 Å². The molecule has 1 unspecified atom stereocenters. The molecule has 1 atom stereocenters. The van der Waals surface area contributed by atoms with Gasteiger partial charge in [-0.3, -0.25) is 0 Å². The Bertz CT molecular complexity index is 151. The molecule has 1 heterocycles. The van der Waals surface area contributed by atoms with Gasteiger partial charge in [0.1, 0.15) is 0 Å². The molecule has 0 fully saturated rings. The van der Waals surface area contributed by atoms with Gasteiger partial charge < -0.3 is 4.90 Å². The van der Waals surface area contributed by atoms with Gasteiger partial charge in [-0.25, -0.2) is 0 Å². The zero-order valence-corrected chi connectivity index (χ0v) is 7.52. The molecule has 0 aliphatic carbocycles. The van der Waals surface area contributed by atoms with Gasteiger partial charge in [0, 0.05) is 30.7 Å². The Morgan fingerprint density at radius 3 is 2.50 bits per heavy atom. The van der Waals surface area contributed by atoms with E-state index in [9.17, 15) is 0 Å². The Morgan fingerprint density at radius 1 is 1.70 bits per heavy atom. The highest BCUT2D eigenvalue weighted by Gasteiger charge is 2.22. The van der Waals surface area contributed by atoms with Crippen LogP contribution in [0.5, 0.6) is 0 Å². The maximum atomic E-state index is 5.87. The number of hydrogen-bond acceptors (Lipinski definition) is 1. The molecule has 0 amide bonds. The van der Waals surface area contributed by atoms with Crippen LogP contribution in [0.4, 0.5) is 0 Å². The topological polar surface area (TPSA) is 3.24 Å². The standard InChI is InChI=1S/C8H14ClN/c1-6(2)8-4-7(9)5-10(8)3/h5-6,8H,4H2,1-3H3. The molecule has 0 spiro atoms. The van der Waals surface area contributed by atoms with E-state index in [0.717, 1.165) is 11.5 Å². The van der Waals surface area contributed by atoms with E-state index < -0.39 is 0 Å². The van der Waals surface area contributed by atoms with E-state index in [2.05, 4.69) is 25.8 Å². The van der Waals surface area contributed by atoms with Crippen molar-refractivity contribution in [2.75, 3.05) is 7.05 Å². The van der Waals surface area contributed by atoms with Crippen molar-refractivity contribution in [1.29, 1.82) is 0 Å². The minimum Gasteiger partial charge on any atom is -0.376 e. The normalized spacial score (nSPS) is 25.9. The van der Waals surface area contributed by atoms with Crippen LogP contribution in [0.25, 0.3) is 0 Å². The molecule has 0 bridgehead atoms. The average Bonchev–Trinajstić information content (AvgIpc) is 2.10. The first-order chi connectivity index (χ1) is 4.61. The van der Waals surface area contributed by atoms with Gasteiger partial charge in [-0.15, -0.1) is 0 Å². The van der Waals surface area contributed by atoms with E-state index in [0.29, 0.717) is 12.0 Å². The van der Waals surface area contributed by atoms with Crippen LogP contribution < -0.4 is 0 Å². The minimum absolute atomic E-state index is 0.618. The van der Waals surface area contributed by atoms with Gasteiger partial charge in [0.15, 0.2) is 0 Å². The summed E-state index contributed by atoms with van der Waals surface area (Å²) in [4.78, 5) is 2.20. The van der Waals surface area contributed by atoms with Crippen LogP contribution in [0, 0.1) is 5.92 Å². The quantitative estimate of drug-likeness (QED) is 0.568. The summed E-state index contributed by atoms with van der Waals surface area (Å²) in [6.45, 7) is 4.45. The summed E-state index contributed by atoms with van der Waals surface area (Å²) in [5, 5.41) is 0.987. The molecule has 1 nitrogen and oxygen atoms in total. The molecule has 1 rings (SSSR count). The maximum absolute atomic E-state index is 5.87. The van der Waals surface area contributed by atoms with Crippen LogP contribution >= 0.6 is 11.6 Å². The van der Waals surface area contributed by atoms with E-state index >= 15 is 0 Å². The molecule has 1 aliphatic rings. The van der Waals surface area contributed by atoms with Crippen molar-refractivity contribution in [3.63, 3.8) is 0 Å². The van der Waals surface area contributed by atoms with Crippen LogP contribution in [0.2, 0.25) is 0 Å². The van der Waals surface area contributed by atoms with Crippen molar-refractivity contribution in [3.05, 3.63) is 11.2 Å². The summed E-state index contributed by atoms with van der Waals surface area (Å²) in [7, 11) is 2.08. The summed E-state index contributed by atoms with van der Waals surface area (Å²) < 4.78 is 0. The van der Waals surface area contributed by atoms with Crippen LogP contribution in [0.15, 0.2) is 11.2 Å². The summed E-state index contributed by atoms with van der Waals surface area (Å²) in [5.74, 6) is 0.692. The zero-order chi connectivity index (χ0) is 7.72. The van der Waals surface area contributed by atoms with Crippen LogP contribution in [0.3, 0.4) is 0 Å². The van der Waals surface area contributed by atoms with Gasteiger partial charge in [-0.1, -0.05) is 25.4 Å². The molecule has 0 aromatic heterocycles. The molecule has 0 aromatic carbocycles. The second-order valence-corrected chi connectivity index (χ2v) is 3.74. The zero-order valence-electron chi connectivity index (χ0n) is 6.76. The van der Waals surface area contributed by atoms with Crippen LogP contribution in [-0.2, 0) is 0 Å². The Balaban J connectivity index is 2.55. The summed E-state index contributed by atoms with van der Waals surface area (Å²) in [6, 6.07) is 0.618. The van der Waals surface area contributed by atoms with Gasteiger partial charge in [-0.05, 0) is 5.92 Å². The number of nitrogens with zero attached hydrogens (tertiary/aromatic N) is 1. The summed E-state index contributed by atoms with van der Waals surface area (Å²) >= 11 is 5.87. The summed E-state index contributed by atoms with van der Waals surface area (Å²) in [5.41, 5.74) is 0. The largest absolute Gasteiger partial charge is 0.376 e. The Morgan fingerprint density at radius 2 is 2.30 bits per heavy atom. The molecule has 10 heavy (non-hydrogen) atoms. The average molecular weight is 160 g/mol. The minimum atomic E-state index is 0.618. The lowest BCUT2D eigenvalue weighted by atomic mass is 10.0. The lowest BCUT2D eigenvalue weighted by Crippen LogP contribution is -2.27. The number of hydrogen-bond donors (Lipinski definition) is 0. The van der Waals surface area contributed by atoms with Gasteiger partial charge in [0.25, 0.3) is 0 Å². The highest BCUT2D eigenvalue weighted by molar-refractivity contribution is 6.29. The van der Waals surface area contributed by atoms with Gasteiger partial charge in [-0.2, -0.15) is 0 Å². The molecular weight excluding hydrogens is 146 g/mol. The third-order valence-electron chi connectivity index (χ3n) is 2.04. The van der Waals surface area contributed by atoms with E-state index in [-0.39, 0.29) is 0 Å². The monoisotopic (exact) mass is 159 g/mol.